The average Bonchev–Trinajstić information content (AvgIpc) is 2.37. The molecule has 1 amide bonds. The van der Waals surface area contributed by atoms with E-state index < -0.39 is 0 Å². The summed E-state index contributed by atoms with van der Waals surface area (Å²) >= 11 is 0. The van der Waals surface area contributed by atoms with Gasteiger partial charge in [0.05, 0.1) is 5.69 Å². The highest BCUT2D eigenvalue weighted by molar-refractivity contribution is 5.94. The Morgan fingerprint density at radius 2 is 1.81 bits per heavy atom. The van der Waals surface area contributed by atoms with Gasteiger partial charge in [-0.2, -0.15) is 0 Å². The van der Waals surface area contributed by atoms with Crippen LogP contribution in [0.5, 0.6) is 0 Å². The maximum Gasteiger partial charge on any atom is 0.227 e. The second kappa shape index (κ2) is 7.06. The monoisotopic (exact) mass is 293 g/mol. The summed E-state index contributed by atoms with van der Waals surface area (Å²) in [5.41, 5.74) is 1.27. The molecular weight excluding hydrogens is 265 g/mol. The van der Waals surface area contributed by atoms with Crippen molar-refractivity contribution in [1.29, 1.82) is 0 Å². The predicted molar refractivity (Wildman–Crippen MR) is 87.1 cm³/mol. The van der Waals surface area contributed by atoms with Gasteiger partial charge in [0, 0.05) is 12.5 Å². The highest BCUT2D eigenvalue weighted by Gasteiger charge is 2.28. The molecule has 118 valence electrons. The van der Waals surface area contributed by atoms with Crippen LogP contribution in [0.25, 0.3) is 0 Å². The smallest absolute Gasteiger partial charge is 0.227 e. The third kappa shape index (κ3) is 4.83. The van der Waals surface area contributed by atoms with Crippen molar-refractivity contribution < 1.29 is 9.18 Å². The largest absolute Gasteiger partial charge is 0.307 e. The zero-order valence-electron chi connectivity index (χ0n) is 14.2. The molecule has 0 aliphatic rings. The Hall–Kier alpha value is -1.38. The average molecular weight is 293 g/mol. The minimum absolute atomic E-state index is 0.000648. The minimum atomic E-state index is -0.324. The summed E-state index contributed by atoms with van der Waals surface area (Å²) in [6.07, 6.45) is 2.05. The molecular formula is C18H28FNO. The number of nitrogens with zero attached hydrogens (tertiary/aromatic N) is 1. The van der Waals surface area contributed by atoms with Gasteiger partial charge in [-0.15, -0.1) is 0 Å². The molecule has 0 heterocycles. The van der Waals surface area contributed by atoms with Crippen LogP contribution in [-0.2, 0) is 4.79 Å². The molecule has 0 aliphatic heterocycles. The molecule has 0 atom stereocenters. The zero-order chi connectivity index (χ0) is 16.2. The first kappa shape index (κ1) is 17.7. The van der Waals surface area contributed by atoms with Gasteiger partial charge in [0.1, 0.15) is 5.82 Å². The Kier molecular flexibility index (Phi) is 5.94. The second-order valence-electron chi connectivity index (χ2n) is 6.93. The Morgan fingerprint density at radius 3 is 2.29 bits per heavy atom. The summed E-state index contributed by atoms with van der Waals surface area (Å²) in [6.45, 7) is 12.1. The third-order valence-corrected chi connectivity index (χ3v) is 3.62. The summed E-state index contributed by atoms with van der Waals surface area (Å²) in [5.74, 6) is -0.324. The zero-order valence-corrected chi connectivity index (χ0v) is 14.2. The molecule has 1 aromatic rings. The Balaban J connectivity index is 3.25. The molecule has 0 spiro atoms. The second-order valence-corrected chi connectivity index (χ2v) is 6.93. The van der Waals surface area contributed by atoms with Crippen molar-refractivity contribution in [1.82, 2.24) is 0 Å². The van der Waals surface area contributed by atoms with E-state index in [1.54, 1.807) is 17.0 Å². The lowest BCUT2D eigenvalue weighted by Gasteiger charge is -2.33. The first-order chi connectivity index (χ1) is 9.69. The van der Waals surface area contributed by atoms with Crippen molar-refractivity contribution in [3.05, 3.63) is 29.6 Å². The van der Waals surface area contributed by atoms with Crippen LogP contribution in [0, 0.1) is 18.2 Å². The van der Waals surface area contributed by atoms with Gasteiger partial charge >= 0.3 is 0 Å². The van der Waals surface area contributed by atoms with Crippen molar-refractivity contribution in [3.63, 3.8) is 0 Å². The maximum absolute atomic E-state index is 14.3. The number of hydrogen-bond acceptors (Lipinski definition) is 1. The first-order valence-electron chi connectivity index (χ1n) is 7.77. The van der Waals surface area contributed by atoms with Gasteiger partial charge in [0.15, 0.2) is 0 Å². The van der Waals surface area contributed by atoms with Gasteiger partial charge in [-0.25, -0.2) is 4.39 Å². The van der Waals surface area contributed by atoms with Gasteiger partial charge in [0.2, 0.25) is 5.91 Å². The molecule has 0 unspecified atom stereocenters. The van der Waals surface area contributed by atoms with Crippen molar-refractivity contribution in [2.75, 3.05) is 4.90 Å². The number of amides is 1. The molecule has 0 bridgehead atoms. The van der Waals surface area contributed by atoms with Crippen LogP contribution in [0.3, 0.4) is 0 Å². The van der Waals surface area contributed by atoms with E-state index >= 15 is 0 Å². The molecule has 21 heavy (non-hydrogen) atoms. The summed E-state index contributed by atoms with van der Waals surface area (Å²) in [5, 5.41) is 0. The molecule has 2 nitrogen and oxygen atoms in total. The number of rotatable bonds is 5. The van der Waals surface area contributed by atoms with E-state index in [4.69, 9.17) is 0 Å². The molecule has 0 saturated heterocycles. The Morgan fingerprint density at radius 1 is 1.24 bits per heavy atom. The quantitative estimate of drug-likeness (QED) is 0.740. The summed E-state index contributed by atoms with van der Waals surface area (Å²) in [4.78, 5) is 14.4. The normalized spacial score (nSPS) is 11.8. The van der Waals surface area contributed by atoms with E-state index in [9.17, 15) is 9.18 Å². The van der Waals surface area contributed by atoms with Crippen LogP contribution in [0.1, 0.15) is 59.4 Å². The van der Waals surface area contributed by atoms with Crippen LogP contribution < -0.4 is 4.90 Å². The van der Waals surface area contributed by atoms with Gasteiger partial charge in [-0.05, 0) is 42.9 Å². The molecule has 0 N–H and O–H groups in total. The van der Waals surface area contributed by atoms with Crippen LogP contribution in [-0.4, -0.2) is 11.9 Å². The fourth-order valence-electron chi connectivity index (χ4n) is 2.53. The molecule has 0 fully saturated rings. The number of carbonyl (C=O) groups is 1. The number of carbonyl (C=O) groups excluding carboxylic acids is 1. The lowest BCUT2D eigenvalue weighted by molar-refractivity contribution is -0.120. The molecule has 0 radical (unpaired) electrons. The van der Waals surface area contributed by atoms with Crippen LogP contribution in [0.15, 0.2) is 18.2 Å². The lowest BCUT2D eigenvalue weighted by atomic mass is 9.91. The van der Waals surface area contributed by atoms with E-state index in [-0.39, 0.29) is 23.2 Å². The van der Waals surface area contributed by atoms with Gasteiger partial charge in [-0.1, -0.05) is 40.7 Å². The molecule has 1 aromatic carbocycles. The third-order valence-electron chi connectivity index (χ3n) is 3.62. The Labute approximate surface area is 128 Å². The lowest BCUT2D eigenvalue weighted by Crippen LogP contribution is -2.42. The Bertz CT molecular complexity index is 486. The van der Waals surface area contributed by atoms with Crippen molar-refractivity contribution in [2.45, 2.75) is 66.8 Å². The maximum atomic E-state index is 14.3. The number of anilines is 1. The van der Waals surface area contributed by atoms with E-state index in [2.05, 4.69) is 0 Å². The molecule has 3 heteroatoms. The van der Waals surface area contributed by atoms with Crippen LogP contribution >= 0.6 is 0 Å². The molecule has 0 aliphatic carbocycles. The van der Waals surface area contributed by atoms with Crippen LogP contribution in [0.2, 0.25) is 0 Å². The SMILES string of the molecule is CCC(CC)N(C(=O)CC(C)(C)C)c1cc(C)ccc1F. The fraction of sp³-hybridized carbons (Fsp3) is 0.611. The van der Waals surface area contributed by atoms with Gasteiger partial charge in [0.25, 0.3) is 0 Å². The number of halogens is 1. The topological polar surface area (TPSA) is 20.3 Å². The van der Waals surface area contributed by atoms with E-state index in [1.165, 1.54) is 6.07 Å². The highest BCUT2D eigenvalue weighted by atomic mass is 19.1. The van der Waals surface area contributed by atoms with Gasteiger partial charge < -0.3 is 4.90 Å². The van der Waals surface area contributed by atoms with Crippen LogP contribution in [0.4, 0.5) is 10.1 Å². The van der Waals surface area contributed by atoms with E-state index in [0.717, 1.165) is 18.4 Å². The highest BCUT2D eigenvalue weighted by Crippen LogP contribution is 2.29. The predicted octanol–water partition coefficient (Wildman–Crippen LogP) is 5.09. The van der Waals surface area contributed by atoms with Crippen molar-refractivity contribution >= 4 is 11.6 Å². The fourth-order valence-corrected chi connectivity index (χ4v) is 2.53. The number of benzene rings is 1. The van der Waals surface area contributed by atoms with Crippen molar-refractivity contribution in [2.24, 2.45) is 5.41 Å². The summed E-state index contributed by atoms with van der Waals surface area (Å²) < 4.78 is 14.3. The van der Waals surface area contributed by atoms with Gasteiger partial charge in [-0.3, -0.25) is 4.79 Å². The van der Waals surface area contributed by atoms with E-state index in [1.807, 2.05) is 41.5 Å². The standard InChI is InChI=1S/C18H28FNO/c1-7-14(8-2)20(17(21)12-18(4,5)6)16-11-13(3)9-10-15(16)19/h9-11,14H,7-8,12H2,1-6H3. The first-order valence-corrected chi connectivity index (χ1v) is 7.77. The minimum Gasteiger partial charge on any atom is -0.307 e. The number of aryl methyl sites for hydroxylation is 1. The van der Waals surface area contributed by atoms with Crippen molar-refractivity contribution in [3.8, 4) is 0 Å². The summed E-state index contributed by atoms with van der Waals surface area (Å²) in [7, 11) is 0. The number of hydrogen-bond donors (Lipinski definition) is 0. The molecule has 0 aromatic heterocycles. The molecule has 1 rings (SSSR count). The van der Waals surface area contributed by atoms with E-state index in [0.29, 0.717) is 12.1 Å². The summed E-state index contributed by atoms with van der Waals surface area (Å²) in [6, 6.07) is 4.99. The molecule has 0 saturated carbocycles.